The normalized spacial score (nSPS) is 10.5. The van der Waals surface area contributed by atoms with E-state index in [-0.39, 0.29) is 5.91 Å². The summed E-state index contributed by atoms with van der Waals surface area (Å²) >= 11 is 0. The highest BCUT2D eigenvalue weighted by molar-refractivity contribution is 5.82. The molecule has 0 aliphatic heterocycles. The fraction of sp³-hybridized carbons (Fsp3) is 0.286. The van der Waals surface area contributed by atoms with E-state index in [0.29, 0.717) is 19.6 Å². The number of pyridine rings is 1. The van der Waals surface area contributed by atoms with E-state index in [9.17, 15) is 4.79 Å². The van der Waals surface area contributed by atoms with Crippen molar-refractivity contribution in [2.24, 2.45) is 0 Å². The van der Waals surface area contributed by atoms with Gasteiger partial charge in [0, 0.05) is 24.7 Å². The molecule has 1 aromatic carbocycles. The van der Waals surface area contributed by atoms with Gasteiger partial charge in [-0.25, -0.2) is 0 Å². The molecule has 0 saturated heterocycles. The molecule has 0 atom stereocenters. The zero-order chi connectivity index (χ0) is 12.8. The topological polar surface area (TPSA) is 54.0 Å². The first-order valence-corrected chi connectivity index (χ1v) is 6.11. The summed E-state index contributed by atoms with van der Waals surface area (Å²) in [6.07, 6.45) is 1.80. The number of nitrogens with one attached hydrogen (secondary N) is 2. The van der Waals surface area contributed by atoms with Crippen LogP contribution in [0.2, 0.25) is 0 Å². The lowest BCUT2D eigenvalue weighted by Gasteiger charge is -2.07. The summed E-state index contributed by atoms with van der Waals surface area (Å²) in [4.78, 5) is 15.6. The molecule has 0 spiro atoms. The van der Waals surface area contributed by atoms with Gasteiger partial charge in [0.05, 0.1) is 12.1 Å². The van der Waals surface area contributed by atoms with Gasteiger partial charge in [-0.1, -0.05) is 18.2 Å². The molecule has 1 heterocycles. The van der Waals surface area contributed by atoms with Crippen LogP contribution in [0.3, 0.4) is 0 Å². The van der Waals surface area contributed by atoms with Gasteiger partial charge in [0.2, 0.25) is 5.91 Å². The standard InChI is InChI=1S/C14H17N3O/c1-2-16-14(18)10-15-9-11-7-8-17-13-6-4-3-5-12(11)13/h3-8,15H,2,9-10H2,1H3,(H,16,18). The fourth-order valence-corrected chi connectivity index (χ4v) is 1.88. The van der Waals surface area contributed by atoms with Gasteiger partial charge in [-0.2, -0.15) is 0 Å². The van der Waals surface area contributed by atoms with Crippen molar-refractivity contribution in [1.29, 1.82) is 0 Å². The molecule has 0 bridgehead atoms. The smallest absolute Gasteiger partial charge is 0.233 e. The van der Waals surface area contributed by atoms with Gasteiger partial charge in [0.1, 0.15) is 0 Å². The number of carbonyl (C=O) groups is 1. The molecule has 4 heteroatoms. The Hall–Kier alpha value is -1.94. The summed E-state index contributed by atoms with van der Waals surface area (Å²) in [6, 6.07) is 9.99. The van der Waals surface area contributed by atoms with Gasteiger partial charge in [-0.15, -0.1) is 0 Å². The lowest BCUT2D eigenvalue weighted by Crippen LogP contribution is -2.33. The van der Waals surface area contributed by atoms with E-state index in [0.717, 1.165) is 16.5 Å². The van der Waals surface area contributed by atoms with Gasteiger partial charge in [-0.3, -0.25) is 9.78 Å². The second-order valence-electron chi connectivity index (χ2n) is 4.04. The average molecular weight is 243 g/mol. The maximum absolute atomic E-state index is 11.3. The summed E-state index contributed by atoms with van der Waals surface area (Å²) in [5, 5.41) is 7.02. The lowest BCUT2D eigenvalue weighted by molar-refractivity contribution is -0.120. The Morgan fingerprint density at radius 2 is 2.11 bits per heavy atom. The van der Waals surface area contributed by atoms with Crippen molar-refractivity contribution < 1.29 is 4.79 Å². The zero-order valence-electron chi connectivity index (χ0n) is 10.4. The molecule has 18 heavy (non-hydrogen) atoms. The number of rotatable bonds is 5. The third kappa shape index (κ3) is 3.05. The number of aromatic nitrogens is 1. The Morgan fingerprint density at radius 3 is 2.94 bits per heavy atom. The number of fused-ring (bicyclic) bond motifs is 1. The van der Waals surface area contributed by atoms with Crippen LogP contribution in [-0.2, 0) is 11.3 Å². The number of amides is 1. The van der Waals surface area contributed by atoms with Crippen molar-refractivity contribution in [3.63, 3.8) is 0 Å². The highest BCUT2D eigenvalue weighted by Crippen LogP contribution is 2.15. The number of hydrogen-bond acceptors (Lipinski definition) is 3. The molecule has 2 rings (SSSR count). The average Bonchev–Trinajstić information content (AvgIpc) is 2.39. The molecule has 0 aliphatic rings. The first-order chi connectivity index (χ1) is 8.81. The number of carbonyl (C=O) groups excluding carboxylic acids is 1. The maximum Gasteiger partial charge on any atom is 0.233 e. The first kappa shape index (κ1) is 12.5. The van der Waals surface area contributed by atoms with E-state index in [1.165, 1.54) is 0 Å². The second kappa shape index (κ2) is 6.12. The summed E-state index contributed by atoms with van der Waals surface area (Å²) in [5.74, 6) is 0.0239. The van der Waals surface area contributed by atoms with E-state index in [1.54, 1.807) is 6.20 Å². The molecular weight excluding hydrogens is 226 g/mol. The monoisotopic (exact) mass is 243 g/mol. The van der Waals surface area contributed by atoms with E-state index >= 15 is 0 Å². The van der Waals surface area contributed by atoms with Gasteiger partial charge < -0.3 is 10.6 Å². The molecule has 4 nitrogen and oxygen atoms in total. The summed E-state index contributed by atoms with van der Waals surface area (Å²) in [7, 11) is 0. The van der Waals surface area contributed by atoms with E-state index in [2.05, 4.69) is 15.6 Å². The van der Waals surface area contributed by atoms with Crippen molar-refractivity contribution in [1.82, 2.24) is 15.6 Å². The first-order valence-electron chi connectivity index (χ1n) is 6.11. The van der Waals surface area contributed by atoms with Gasteiger partial charge in [0.15, 0.2) is 0 Å². The van der Waals surface area contributed by atoms with Crippen molar-refractivity contribution in [2.75, 3.05) is 13.1 Å². The van der Waals surface area contributed by atoms with Gasteiger partial charge in [-0.05, 0) is 24.6 Å². The SMILES string of the molecule is CCNC(=O)CNCc1ccnc2ccccc12. The van der Waals surface area contributed by atoms with Crippen LogP contribution in [0.25, 0.3) is 10.9 Å². The number of para-hydroxylation sites is 1. The molecule has 1 aromatic heterocycles. The Balaban J connectivity index is 2.01. The highest BCUT2D eigenvalue weighted by atomic mass is 16.1. The molecule has 0 aliphatic carbocycles. The van der Waals surface area contributed by atoms with Crippen molar-refractivity contribution in [3.8, 4) is 0 Å². The third-order valence-electron chi connectivity index (χ3n) is 2.71. The largest absolute Gasteiger partial charge is 0.355 e. The summed E-state index contributed by atoms with van der Waals surface area (Å²) in [5.41, 5.74) is 2.14. The molecular formula is C14H17N3O. The minimum absolute atomic E-state index is 0.0239. The molecule has 2 N–H and O–H groups in total. The number of likely N-dealkylation sites (N-methyl/N-ethyl adjacent to an activating group) is 1. The van der Waals surface area contributed by atoms with E-state index in [1.807, 2.05) is 37.3 Å². The molecule has 0 saturated carbocycles. The number of benzene rings is 1. The fourth-order valence-electron chi connectivity index (χ4n) is 1.88. The van der Waals surface area contributed by atoms with Gasteiger partial charge in [0.25, 0.3) is 0 Å². The predicted molar refractivity (Wildman–Crippen MR) is 72.1 cm³/mol. The molecule has 94 valence electrons. The minimum Gasteiger partial charge on any atom is -0.355 e. The molecule has 0 radical (unpaired) electrons. The highest BCUT2D eigenvalue weighted by Gasteiger charge is 2.02. The number of nitrogens with zero attached hydrogens (tertiary/aromatic N) is 1. The summed E-state index contributed by atoms with van der Waals surface area (Å²) < 4.78 is 0. The van der Waals surface area contributed by atoms with E-state index < -0.39 is 0 Å². The van der Waals surface area contributed by atoms with E-state index in [4.69, 9.17) is 0 Å². The van der Waals surface area contributed by atoms with Crippen LogP contribution in [0, 0.1) is 0 Å². The maximum atomic E-state index is 11.3. The lowest BCUT2D eigenvalue weighted by atomic mass is 10.1. The van der Waals surface area contributed by atoms with Crippen LogP contribution < -0.4 is 10.6 Å². The van der Waals surface area contributed by atoms with Crippen LogP contribution in [0.4, 0.5) is 0 Å². The molecule has 0 unspecified atom stereocenters. The molecule has 1 amide bonds. The summed E-state index contributed by atoms with van der Waals surface area (Å²) in [6.45, 7) is 3.58. The van der Waals surface area contributed by atoms with Crippen LogP contribution in [0.15, 0.2) is 36.5 Å². The Bertz CT molecular complexity index is 534. The Morgan fingerprint density at radius 1 is 1.28 bits per heavy atom. The minimum atomic E-state index is 0.0239. The van der Waals surface area contributed by atoms with Crippen LogP contribution in [0.5, 0.6) is 0 Å². The quantitative estimate of drug-likeness (QED) is 0.836. The van der Waals surface area contributed by atoms with Gasteiger partial charge >= 0.3 is 0 Å². The molecule has 2 aromatic rings. The van der Waals surface area contributed by atoms with Crippen LogP contribution in [-0.4, -0.2) is 24.0 Å². The van der Waals surface area contributed by atoms with Crippen molar-refractivity contribution in [2.45, 2.75) is 13.5 Å². The predicted octanol–water partition coefficient (Wildman–Crippen LogP) is 1.46. The third-order valence-corrected chi connectivity index (χ3v) is 2.71. The Labute approximate surface area is 106 Å². The van der Waals surface area contributed by atoms with Crippen LogP contribution in [0.1, 0.15) is 12.5 Å². The Kier molecular flexibility index (Phi) is 4.25. The zero-order valence-corrected chi connectivity index (χ0v) is 10.4. The second-order valence-corrected chi connectivity index (χ2v) is 4.04. The molecule has 0 fully saturated rings. The van der Waals surface area contributed by atoms with Crippen molar-refractivity contribution in [3.05, 3.63) is 42.1 Å². The van der Waals surface area contributed by atoms with Crippen molar-refractivity contribution >= 4 is 16.8 Å². The number of hydrogen-bond donors (Lipinski definition) is 2. The van der Waals surface area contributed by atoms with Crippen LogP contribution >= 0.6 is 0 Å².